The lowest BCUT2D eigenvalue weighted by atomic mass is 10.0. The third-order valence-corrected chi connectivity index (χ3v) is 2.94. The van der Waals surface area contributed by atoms with Crippen LogP contribution in [-0.2, 0) is 0 Å². The Bertz CT molecular complexity index is 56.9. The highest BCUT2D eigenvalue weighted by atomic mass is 79.9. The first-order chi connectivity index (χ1) is 3.79. The van der Waals surface area contributed by atoms with Gasteiger partial charge in [-0.05, 0) is 25.7 Å². The van der Waals surface area contributed by atoms with Gasteiger partial charge in [-0.1, -0.05) is 15.9 Å². The van der Waals surface area contributed by atoms with E-state index in [1.54, 1.807) is 0 Å². The number of hydrogen-bond donors (Lipinski definition) is 0. The average Bonchev–Trinajstić information content (AvgIpc) is 1.77. The molecule has 0 heterocycles. The van der Waals surface area contributed by atoms with Gasteiger partial charge >= 0.3 is 0 Å². The van der Waals surface area contributed by atoms with E-state index in [1.165, 1.54) is 25.7 Å². The maximum atomic E-state index is 5.86. The summed E-state index contributed by atoms with van der Waals surface area (Å²) in [4.78, 5) is 0.748. The molecule has 0 aromatic heterocycles. The van der Waals surface area contributed by atoms with Crippen molar-refractivity contribution in [2.45, 2.75) is 35.9 Å². The van der Waals surface area contributed by atoms with Crippen molar-refractivity contribution in [2.24, 2.45) is 0 Å². The normalized spacial score (nSPS) is 39.8. The van der Waals surface area contributed by atoms with Crippen molar-refractivity contribution >= 4 is 27.5 Å². The molecule has 0 saturated heterocycles. The number of halogens is 2. The highest BCUT2D eigenvalue weighted by molar-refractivity contribution is 9.09. The molecule has 0 spiro atoms. The van der Waals surface area contributed by atoms with Gasteiger partial charge in [0, 0.05) is 10.2 Å². The second-order valence-corrected chi connectivity index (χ2v) is 4.26. The van der Waals surface area contributed by atoms with Crippen molar-refractivity contribution < 1.29 is 0 Å². The Hall–Kier alpha value is 0.770. The molecule has 0 atom stereocenters. The molecule has 1 rings (SSSR count). The first kappa shape index (κ1) is 6.88. The van der Waals surface area contributed by atoms with E-state index in [9.17, 15) is 0 Å². The summed E-state index contributed by atoms with van der Waals surface area (Å²) in [6.07, 6.45) is 4.90. The summed E-state index contributed by atoms with van der Waals surface area (Å²) in [7, 11) is 0. The lowest BCUT2D eigenvalue weighted by Gasteiger charge is -2.19. The van der Waals surface area contributed by atoms with Crippen LogP contribution in [0.15, 0.2) is 0 Å². The molecule has 48 valence electrons. The Labute approximate surface area is 63.7 Å². The molecular weight excluding hydrogens is 187 g/mol. The predicted molar refractivity (Wildman–Crippen MR) is 40.8 cm³/mol. The maximum Gasteiger partial charge on any atom is 0.0336 e. The zero-order chi connectivity index (χ0) is 5.98. The van der Waals surface area contributed by atoms with E-state index in [-0.39, 0.29) is 0 Å². The smallest absolute Gasteiger partial charge is 0.0336 e. The van der Waals surface area contributed by atoms with Gasteiger partial charge < -0.3 is 0 Å². The molecule has 0 aromatic rings. The van der Waals surface area contributed by atoms with E-state index in [4.69, 9.17) is 11.6 Å². The van der Waals surface area contributed by atoms with E-state index >= 15 is 0 Å². The molecule has 0 bridgehead atoms. The second-order valence-electron chi connectivity index (χ2n) is 2.35. The third kappa shape index (κ3) is 1.94. The molecule has 1 saturated carbocycles. The van der Waals surface area contributed by atoms with Crippen LogP contribution in [-0.4, -0.2) is 10.2 Å². The minimum Gasteiger partial charge on any atom is -0.123 e. The number of rotatable bonds is 0. The van der Waals surface area contributed by atoms with Crippen molar-refractivity contribution in [3.8, 4) is 0 Å². The molecule has 0 radical (unpaired) electrons. The predicted octanol–water partition coefficient (Wildman–Crippen LogP) is 2.93. The van der Waals surface area contributed by atoms with Crippen LogP contribution < -0.4 is 0 Å². The summed E-state index contributed by atoms with van der Waals surface area (Å²) in [6.45, 7) is 0. The van der Waals surface area contributed by atoms with Crippen LogP contribution >= 0.6 is 27.5 Å². The Morgan fingerprint density at radius 1 is 1.12 bits per heavy atom. The summed E-state index contributed by atoms with van der Waals surface area (Å²) >= 11 is 9.42. The van der Waals surface area contributed by atoms with Gasteiger partial charge in [-0.15, -0.1) is 11.6 Å². The zero-order valence-electron chi connectivity index (χ0n) is 4.74. The quantitative estimate of drug-likeness (QED) is 0.524. The molecule has 0 N–H and O–H groups in total. The van der Waals surface area contributed by atoms with Gasteiger partial charge in [-0.3, -0.25) is 0 Å². The van der Waals surface area contributed by atoms with E-state index in [1.807, 2.05) is 0 Å². The van der Waals surface area contributed by atoms with Crippen LogP contribution in [0.25, 0.3) is 0 Å². The largest absolute Gasteiger partial charge is 0.123 e. The number of alkyl halides is 2. The van der Waals surface area contributed by atoms with Crippen LogP contribution in [0.5, 0.6) is 0 Å². The summed E-state index contributed by atoms with van der Waals surface area (Å²) in [6, 6.07) is 0. The molecule has 0 aliphatic heterocycles. The summed E-state index contributed by atoms with van der Waals surface area (Å²) in [5.41, 5.74) is 0. The van der Waals surface area contributed by atoms with Crippen molar-refractivity contribution in [3.63, 3.8) is 0 Å². The Morgan fingerprint density at radius 2 is 1.62 bits per heavy atom. The second kappa shape index (κ2) is 3.07. The lowest BCUT2D eigenvalue weighted by Crippen LogP contribution is -2.12. The molecule has 8 heavy (non-hydrogen) atoms. The minimum atomic E-state index is 0.462. The van der Waals surface area contributed by atoms with Crippen molar-refractivity contribution in [3.05, 3.63) is 0 Å². The first-order valence-electron chi connectivity index (χ1n) is 3.07. The molecular formula is C6H10BrCl. The third-order valence-electron chi connectivity index (χ3n) is 1.59. The molecule has 1 aliphatic carbocycles. The molecule has 0 aromatic carbocycles. The van der Waals surface area contributed by atoms with Gasteiger partial charge in [-0.2, -0.15) is 0 Å². The van der Waals surface area contributed by atoms with E-state index in [2.05, 4.69) is 15.9 Å². The van der Waals surface area contributed by atoms with Gasteiger partial charge in [0.1, 0.15) is 0 Å². The Kier molecular flexibility index (Phi) is 2.64. The van der Waals surface area contributed by atoms with Gasteiger partial charge in [0.25, 0.3) is 0 Å². The van der Waals surface area contributed by atoms with Crippen LogP contribution in [0.3, 0.4) is 0 Å². The Balaban J connectivity index is 2.19. The average molecular weight is 198 g/mol. The molecule has 0 unspecified atom stereocenters. The Morgan fingerprint density at radius 3 is 2.00 bits per heavy atom. The fraction of sp³-hybridized carbons (Fsp3) is 1.00. The van der Waals surface area contributed by atoms with Crippen molar-refractivity contribution in [2.75, 3.05) is 0 Å². The van der Waals surface area contributed by atoms with Gasteiger partial charge in [0.15, 0.2) is 0 Å². The van der Waals surface area contributed by atoms with Gasteiger partial charge in [0.2, 0.25) is 0 Å². The van der Waals surface area contributed by atoms with Crippen LogP contribution in [0, 0.1) is 0 Å². The molecule has 1 fully saturated rings. The van der Waals surface area contributed by atoms with Crippen LogP contribution in [0.4, 0.5) is 0 Å². The van der Waals surface area contributed by atoms with Crippen molar-refractivity contribution in [1.82, 2.24) is 0 Å². The van der Waals surface area contributed by atoms with Gasteiger partial charge in [0.05, 0.1) is 0 Å². The zero-order valence-corrected chi connectivity index (χ0v) is 7.08. The van der Waals surface area contributed by atoms with Crippen LogP contribution in [0.1, 0.15) is 25.7 Å². The molecule has 0 nitrogen and oxygen atoms in total. The van der Waals surface area contributed by atoms with E-state index < -0.39 is 0 Å². The monoisotopic (exact) mass is 196 g/mol. The van der Waals surface area contributed by atoms with Gasteiger partial charge in [-0.25, -0.2) is 0 Å². The fourth-order valence-corrected chi connectivity index (χ4v) is 1.79. The van der Waals surface area contributed by atoms with Crippen molar-refractivity contribution in [1.29, 1.82) is 0 Å². The highest BCUT2D eigenvalue weighted by Gasteiger charge is 2.15. The molecule has 1 aliphatic rings. The first-order valence-corrected chi connectivity index (χ1v) is 4.42. The fourth-order valence-electron chi connectivity index (χ4n) is 1.01. The molecule has 2 heteroatoms. The van der Waals surface area contributed by atoms with Crippen LogP contribution in [0.2, 0.25) is 0 Å². The lowest BCUT2D eigenvalue weighted by molar-refractivity contribution is 0.528. The van der Waals surface area contributed by atoms with E-state index in [0.29, 0.717) is 5.38 Å². The highest BCUT2D eigenvalue weighted by Crippen LogP contribution is 2.26. The number of hydrogen-bond acceptors (Lipinski definition) is 0. The summed E-state index contributed by atoms with van der Waals surface area (Å²) in [5, 5.41) is 0.462. The summed E-state index contributed by atoms with van der Waals surface area (Å²) < 4.78 is 0. The molecule has 0 amide bonds. The SMILES string of the molecule is ClC1CCC(Br)CC1. The maximum absolute atomic E-state index is 5.86. The summed E-state index contributed by atoms with van der Waals surface area (Å²) in [5.74, 6) is 0. The van der Waals surface area contributed by atoms with E-state index in [0.717, 1.165) is 4.83 Å². The standard InChI is InChI=1S/C6H10BrCl/c7-5-1-3-6(8)4-2-5/h5-6H,1-4H2. The minimum absolute atomic E-state index is 0.462. The topological polar surface area (TPSA) is 0 Å².